The highest BCUT2D eigenvalue weighted by molar-refractivity contribution is 5.76. The van der Waals surface area contributed by atoms with E-state index in [2.05, 4.69) is 22.1 Å². The van der Waals surface area contributed by atoms with Gasteiger partial charge in [-0.05, 0) is 19.4 Å². The Kier molecular flexibility index (Phi) is 7.67. The molecule has 0 saturated carbocycles. The number of likely N-dealkylation sites (tertiary alicyclic amines) is 1. The van der Waals surface area contributed by atoms with Gasteiger partial charge in [-0.15, -0.1) is 0 Å². The molecule has 8 nitrogen and oxygen atoms in total. The zero-order valence-electron chi connectivity index (χ0n) is 14.3. The van der Waals surface area contributed by atoms with Crippen LogP contribution in [-0.4, -0.2) is 64.1 Å². The Morgan fingerprint density at radius 2 is 2.17 bits per heavy atom. The lowest BCUT2D eigenvalue weighted by Gasteiger charge is -2.31. The molecule has 1 aromatic heterocycles. The minimum atomic E-state index is -0.833. The van der Waals surface area contributed by atoms with Crippen molar-refractivity contribution in [3.8, 4) is 0 Å². The summed E-state index contributed by atoms with van der Waals surface area (Å²) in [5.41, 5.74) is 0. The maximum atomic E-state index is 11.4. The highest BCUT2D eigenvalue weighted by atomic mass is 16.5. The third-order valence-electron chi connectivity index (χ3n) is 3.52. The van der Waals surface area contributed by atoms with Crippen LogP contribution >= 0.6 is 0 Å². The lowest BCUT2D eigenvalue weighted by molar-refractivity contribution is -0.134. The maximum Gasteiger partial charge on any atom is 0.300 e. The molecule has 0 aromatic carbocycles. The van der Waals surface area contributed by atoms with Crippen molar-refractivity contribution < 1.29 is 19.2 Å². The van der Waals surface area contributed by atoms with E-state index in [1.165, 1.54) is 0 Å². The molecule has 8 heteroatoms. The van der Waals surface area contributed by atoms with Crippen LogP contribution in [0, 0.1) is 5.92 Å². The number of hydrogen-bond acceptors (Lipinski definition) is 6. The summed E-state index contributed by atoms with van der Waals surface area (Å²) < 4.78 is 5.10. The number of aliphatic carboxylic acids is 1. The molecule has 1 fully saturated rings. The Morgan fingerprint density at radius 3 is 2.70 bits per heavy atom. The van der Waals surface area contributed by atoms with Crippen molar-refractivity contribution in [1.29, 1.82) is 0 Å². The van der Waals surface area contributed by atoms with Gasteiger partial charge in [0.1, 0.15) is 0 Å². The third kappa shape index (κ3) is 7.23. The third-order valence-corrected chi connectivity index (χ3v) is 3.52. The molecule has 1 aliphatic heterocycles. The van der Waals surface area contributed by atoms with Crippen LogP contribution in [0.4, 0.5) is 0 Å². The summed E-state index contributed by atoms with van der Waals surface area (Å²) in [7, 11) is 3.93. The average molecular weight is 326 g/mol. The highest BCUT2D eigenvalue weighted by Gasteiger charge is 2.24. The summed E-state index contributed by atoms with van der Waals surface area (Å²) in [5, 5.41) is 11.4. The standard InChI is InChI=1S/C13H22N4O2.C2H4O2/c1-4-12-14-11(15-19-12)9-16(2)7-10-5-6-13(18)17(3)8-10;1-2(3)4/h10H,4-9H2,1-3H3;1H3,(H,3,4). The molecule has 1 atom stereocenters. The second-order valence-corrected chi connectivity index (χ2v) is 5.85. The van der Waals surface area contributed by atoms with Crippen molar-refractivity contribution in [2.45, 2.75) is 39.7 Å². The van der Waals surface area contributed by atoms with Gasteiger partial charge < -0.3 is 14.5 Å². The second kappa shape index (κ2) is 9.24. The van der Waals surface area contributed by atoms with Crippen molar-refractivity contribution in [2.75, 3.05) is 27.2 Å². The summed E-state index contributed by atoms with van der Waals surface area (Å²) in [6, 6.07) is 0. The number of carbonyl (C=O) groups is 2. The van der Waals surface area contributed by atoms with Gasteiger partial charge in [0.25, 0.3) is 5.97 Å². The largest absolute Gasteiger partial charge is 0.481 e. The van der Waals surface area contributed by atoms with E-state index in [9.17, 15) is 4.79 Å². The number of nitrogens with zero attached hydrogens (tertiary/aromatic N) is 4. The fourth-order valence-corrected chi connectivity index (χ4v) is 2.49. The number of hydrogen-bond donors (Lipinski definition) is 1. The molecule has 130 valence electrons. The molecule has 0 aliphatic carbocycles. The molecule has 2 rings (SSSR count). The van der Waals surface area contributed by atoms with Crippen LogP contribution in [0.15, 0.2) is 4.52 Å². The molecule has 1 saturated heterocycles. The number of rotatable bonds is 5. The van der Waals surface area contributed by atoms with Crippen LogP contribution in [0.2, 0.25) is 0 Å². The number of aromatic nitrogens is 2. The first kappa shape index (κ1) is 19.1. The lowest BCUT2D eigenvalue weighted by atomic mass is 9.97. The van der Waals surface area contributed by atoms with Crippen molar-refractivity contribution in [1.82, 2.24) is 19.9 Å². The molecule has 0 bridgehead atoms. The lowest BCUT2D eigenvalue weighted by Crippen LogP contribution is -2.41. The molecule has 1 aromatic rings. The SMILES string of the molecule is CC(=O)O.CCc1nc(CN(C)CC2CCC(=O)N(C)C2)no1. The summed E-state index contributed by atoms with van der Waals surface area (Å²) in [4.78, 5) is 28.8. The Bertz CT molecular complexity index is 513. The molecular weight excluding hydrogens is 300 g/mol. The van der Waals surface area contributed by atoms with E-state index in [1.54, 1.807) is 0 Å². The van der Waals surface area contributed by atoms with E-state index in [4.69, 9.17) is 14.4 Å². The minimum absolute atomic E-state index is 0.254. The maximum absolute atomic E-state index is 11.4. The van der Waals surface area contributed by atoms with Crippen LogP contribution in [-0.2, 0) is 22.6 Å². The second-order valence-electron chi connectivity index (χ2n) is 5.85. The van der Waals surface area contributed by atoms with Gasteiger partial charge >= 0.3 is 0 Å². The van der Waals surface area contributed by atoms with E-state index in [0.717, 1.165) is 38.7 Å². The number of carboxylic acids is 1. The summed E-state index contributed by atoms with van der Waals surface area (Å²) in [6.07, 6.45) is 2.41. The Balaban J connectivity index is 0.000000593. The summed E-state index contributed by atoms with van der Waals surface area (Å²) in [6.45, 7) is 5.57. The normalized spacial score (nSPS) is 17.9. The fraction of sp³-hybridized carbons (Fsp3) is 0.733. The predicted molar refractivity (Wildman–Crippen MR) is 83.7 cm³/mol. The molecule has 23 heavy (non-hydrogen) atoms. The molecule has 0 radical (unpaired) electrons. The Morgan fingerprint density at radius 1 is 1.52 bits per heavy atom. The molecule has 2 heterocycles. The zero-order valence-corrected chi connectivity index (χ0v) is 14.3. The van der Waals surface area contributed by atoms with Gasteiger partial charge in [-0.25, -0.2) is 0 Å². The van der Waals surface area contributed by atoms with E-state index in [-0.39, 0.29) is 5.91 Å². The smallest absolute Gasteiger partial charge is 0.300 e. The monoisotopic (exact) mass is 326 g/mol. The van der Waals surface area contributed by atoms with Crippen molar-refractivity contribution in [3.63, 3.8) is 0 Å². The van der Waals surface area contributed by atoms with Crippen LogP contribution in [0.3, 0.4) is 0 Å². The Hall–Kier alpha value is -1.96. The van der Waals surface area contributed by atoms with Gasteiger partial charge in [0, 0.05) is 39.9 Å². The van der Waals surface area contributed by atoms with Gasteiger partial charge in [-0.3, -0.25) is 14.5 Å². The first-order valence-corrected chi connectivity index (χ1v) is 7.75. The summed E-state index contributed by atoms with van der Waals surface area (Å²) in [5.74, 6) is 1.38. The van der Waals surface area contributed by atoms with Crippen LogP contribution < -0.4 is 0 Å². The topological polar surface area (TPSA) is 99.8 Å². The van der Waals surface area contributed by atoms with Gasteiger partial charge in [0.05, 0.1) is 6.54 Å². The minimum Gasteiger partial charge on any atom is -0.481 e. The van der Waals surface area contributed by atoms with Gasteiger partial charge in [-0.1, -0.05) is 12.1 Å². The van der Waals surface area contributed by atoms with Crippen LogP contribution in [0.1, 0.15) is 38.4 Å². The molecule has 1 amide bonds. The van der Waals surface area contributed by atoms with Crippen molar-refractivity contribution in [2.24, 2.45) is 5.92 Å². The van der Waals surface area contributed by atoms with E-state index >= 15 is 0 Å². The number of aryl methyl sites for hydroxylation is 1. The van der Waals surface area contributed by atoms with E-state index in [1.807, 2.05) is 18.9 Å². The van der Waals surface area contributed by atoms with Gasteiger partial charge in [0.2, 0.25) is 11.8 Å². The quantitative estimate of drug-likeness (QED) is 0.862. The first-order chi connectivity index (χ1) is 10.8. The number of piperidine rings is 1. The van der Waals surface area contributed by atoms with Gasteiger partial charge in [0.15, 0.2) is 5.82 Å². The number of amides is 1. The molecule has 0 spiro atoms. The van der Waals surface area contributed by atoms with Crippen LogP contribution in [0.25, 0.3) is 0 Å². The molecule has 1 unspecified atom stereocenters. The Labute approximate surface area is 136 Å². The fourth-order valence-electron chi connectivity index (χ4n) is 2.49. The number of carbonyl (C=O) groups excluding carboxylic acids is 1. The zero-order chi connectivity index (χ0) is 17.4. The van der Waals surface area contributed by atoms with Crippen LogP contribution in [0.5, 0.6) is 0 Å². The first-order valence-electron chi connectivity index (χ1n) is 7.75. The van der Waals surface area contributed by atoms with Crippen molar-refractivity contribution in [3.05, 3.63) is 11.7 Å². The van der Waals surface area contributed by atoms with Crippen molar-refractivity contribution >= 4 is 11.9 Å². The van der Waals surface area contributed by atoms with Gasteiger partial charge in [-0.2, -0.15) is 4.98 Å². The summed E-state index contributed by atoms with van der Waals surface area (Å²) >= 11 is 0. The van der Waals surface area contributed by atoms with E-state index < -0.39 is 5.97 Å². The average Bonchev–Trinajstić information content (AvgIpc) is 2.90. The molecule has 1 aliphatic rings. The van der Waals surface area contributed by atoms with E-state index in [0.29, 0.717) is 24.8 Å². The highest BCUT2D eigenvalue weighted by Crippen LogP contribution is 2.17. The molecule has 1 N–H and O–H groups in total. The molecular formula is C15H26N4O4. The predicted octanol–water partition coefficient (Wildman–Crippen LogP) is 1.02. The number of carboxylic acid groups (broad SMARTS) is 1.